The zero-order valence-electron chi connectivity index (χ0n) is 11.9. The van der Waals surface area contributed by atoms with Gasteiger partial charge in [0, 0.05) is 26.7 Å². The van der Waals surface area contributed by atoms with Crippen LogP contribution in [0.3, 0.4) is 0 Å². The number of rotatable bonds is 4. The zero-order valence-corrected chi connectivity index (χ0v) is 13.5. The number of benzene rings is 2. The summed E-state index contributed by atoms with van der Waals surface area (Å²) in [6.07, 6.45) is 0. The Balaban J connectivity index is 1.57. The predicted molar refractivity (Wildman–Crippen MR) is 90.9 cm³/mol. The molecule has 23 heavy (non-hydrogen) atoms. The standard InChI is InChI=1S/C17H11ClN2O2S/c18-14-5-6-15(13-4-2-1-3-12(13)14)21-9-16-19-17(20-22-16)11-7-8-23-10-11/h1-8,10H,9H2. The molecule has 0 unspecified atom stereocenters. The Morgan fingerprint density at radius 3 is 2.78 bits per heavy atom. The molecule has 0 spiro atoms. The molecule has 0 aliphatic carbocycles. The first-order valence-electron chi connectivity index (χ1n) is 6.96. The minimum atomic E-state index is 0.211. The summed E-state index contributed by atoms with van der Waals surface area (Å²) < 4.78 is 11.1. The lowest BCUT2D eigenvalue weighted by atomic mass is 10.1. The minimum absolute atomic E-state index is 0.211. The van der Waals surface area contributed by atoms with Crippen molar-refractivity contribution in [3.05, 3.63) is 64.1 Å². The van der Waals surface area contributed by atoms with Crippen molar-refractivity contribution in [2.24, 2.45) is 0 Å². The van der Waals surface area contributed by atoms with Crippen LogP contribution in [0, 0.1) is 0 Å². The van der Waals surface area contributed by atoms with Crippen LogP contribution in [0.4, 0.5) is 0 Å². The Bertz CT molecular complexity index is 950. The van der Waals surface area contributed by atoms with Crippen LogP contribution in [0.5, 0.6) is 5.75 Å². The third-order valence-electron chi connectivity index (χ3n) is 3.43. The van der Waals surface area contributed by atoms with E-state index in [9.17, 15) is 0 Å². The lowest BCUT2D eigenvalue weighted by Gasteiger charge is -2.08. The van der Waals surface area contributed by atoms with E-state index in [0.717, 1.165) is 22.1 Å². The van der Waals surface area contributed by atoms with E-state index < -0.39 is 0 Å². The van der Waals surface area contributed by atoms with Gasteiger partial charge in [-0.1, -0.05) is 41.0 Å². The Morgan fingerprint density at radius 1 is 1.09 bits per heavy atom. The molecule has 0 aliphatic rings. The summed E-state index contributed by atoms with van der Waals surface area (Å²) in [5, 5.41) is 10.5. The maximum atomic E-state index is 6.21. The van der Waals surface area contributed by atoms with Gasteiger partial charge in [0.15, 0.2) is 6.61 Å². The maximum Gasteiger partial charge on any atom is 0.264 e. The van der Waals surface area contributed by atoms with Crippen molar-refractivity contribution >= 4 is 33.7 Å². The molecule has 4 aromatic rings. The van der Waals surface area contributed by atoms with E-state index >= 15 is 0 Å². The van der Waals surface area contributed by atoms with E-state index in [-0.39, 0.29) is 6.61 Å². The summed E-state index contributed by atoms with van der Waals surface area (Å²) in [6.45, 7) is 0.211. The molecule has 0 aliphatic heterocycles. The molecular formula is C17H11ClN2O2S. The van der Waals surface area contributed by atoms with E-state index in [1.807, 2.05) is 53.2 Å². The van der Waals surface area contributed by atoms with Crippen molar-refractivity contribution in [3.63, 3.8) is 0 Å². The molecule has 0 saturated heterocycles. The van der Waals surface area contributed by atoms with Gasteiger partial charge >= 0.3 is 0 Å². The molecule has 0 bridgehead atoms. The monoisotopic (exact) mass is 342 g/mol. The Kier molecular flexibility index (Phi) is 3.73. The third kappa shape index (κ3) is 2.81. The molecule has 2 heterocycles. The highest BCUT2D eigenvalue weighted by Gasteiger charge is 2.11. The third-order valence-corrected chi connectivity index (χ3v) is 4.44. The second kappa shape index (κ2) is 6.02. The van der Waals surface area contributed by atoms with Gasteiger partial charge in [0.05, 0.1) is 0 Å². The van der Waals surface area contributed by atoms with Crippen LogP contribution in [0.25, 0.3) is 22.2 Å². The summed E-state index contributed by atoms with van der Waals surface area (Å²) >= 11 is 7.80. The second-order valence-electron chi connectivity index (χ2n) is 4.90. The Hall–Kier alpha value is -2.37. The normalized spacial score (nSPS) is 11.0. The van der Waals surface area contributed by atoms with Crippen molar-refractivity contribution in [1.82, 2.24) is 10.1 Å². The van der Waals surface area contributed by atoms with Gasteiger partial charge in [0.25, 0.3) is 5.89 Å². The van der Waals surface area contributed by atoms with Crippen molar-refractivity contribution in [3.8, 4) is 17.1 Å². The molecule has 114 valence electrons. The summed E-state index contributed by atoms with van der Waals surface area (Å²) in [4.78, 5) is 4.34. The highest BCUT2D eigenvalue weighted by atomic mass is 35.5. The Morgan fingerprint density at radius 2 is 1.96 bits per heavy atom. The molecule has 0 atom stereocenters. The zero-order chi connectivity index (χ0) is 15.6. The van der Waals surface area contributed by atoms with Crippen LogP contribution >= 0.6 is 22.9 Å². The van der Waals surface area contributed by atoms with Crippen molar-refractivity contribution in [2.75, 3.05) is 0 Å². The molecule has 2 aromatic heterocycles. The first-order valence-corrected chi connectivity index (χ1v) is 8.28. The van der Waals surface area contributed by atoms with Crippen LogP contribution in [0.1, 0.15) is 5.89 Å². The first-order chi connectivity index (χ1) is 11.3. The molecule has 2 aromatic carbocycles. The lowest BCUT2D eigenvalue weighted by Crippen LogP contribution is -1.96. The lowest BCUT2D eigenvalue weighted by molar-refractivity contribution is 0.245. The van der Waals surface area contributed by atoms with Gasteiger partial charge in [-0.05, 0) is 23.6 Å². The number of halogens is 1. The van der Waals surface area contributed by atoms with E-state index in [0.29, 0.717) is 16.7 Å². The molecule has 4 rings (SSSR count). The van der Waals surface area contributed by atoms with Gasteiger partial charge < -0.3 is 9.26 Å². The summed E-state index contributed by atoms with van der Waals surface area (Å²) in [5.74, 6) is 1.75. The highest BCUT2D eigenvalue weighted by Crippen LogP contribution is 2.31. The summed E-state index contributed by atoms with van der Waals surface area (Å²) in [7, 11) is 0. The average Bonchev–Trinajstić information content (AvgIpc) is 3.26. The molecule has 0 N–H and O–H groups in total. The van der Waals surface area contributed by atoms with Crippen LogP contribution in [-0.4, -0.2) is 10.1 Å². The molecule has 4 nitrogen and oxygen atoms in total. The fourth-order valence-electron chi connectivity index (χ4n) is 2.32. The molecule has 0 radical (unpaired) electrons. The maximum absolute atomic E-state index is 6.21. The predicted octanol–water partition coefficient (Wildman–Crippen LogP) is 5.18. The van der Waals surface area contributed by atoms with Gasteiger partial charge in [-0.15, -0.1) is 0 Å². The smallest absolute Gasteiger partial charge is 0.264 e. The summed E-state index contributed by atoms with van der Waals surface area (Å²) in [5.41, 5.74) is 0.946. The number of fused-ring (bicyclic) bond motifs is 1. The second-order valence-corrected chi connectivity index (χ2v) is 6.09. The van der Waals surface area contributed by atoms with Gasteiger partial charge in [0.2, 0.25) is 5.82 Å². The highest BCUT2D eigenvalue weighted by molar-refractivity contribution is 7.08. The van der Waals surface area contributed by atoms with Crippen molar-refractivity contribution in [1.29, 1.82) is 0 Å². The first kappa shape index (κ1) is 14.2. The number of nitrogens with zero attached hydrogens (tertiary/aromatic N) is 2. The largest absolute Gasteiger partial charge is 0.483 e. The average molecular weight is 343 g/mol. The fraction of sp³-hybridized carbons (Fsp3) is 0.0588. The molecule has 0 saturated carbocycles. The van der Waals surface area contributed by atoms with E-state index in [2.05, 4.69) is 10.1 Å². The van der Waals surface area contributed by atoms with Gasteiger partial charge in [-0.25, -0.2) is 0 Å². The van der Waals surface area contributed by atoms with Crippen LogP contribution in [0.15, 0.2) is 57.7 Å². The van der Waals surface area contributed by atoms with E-state index in [1.165, 1.54) is 0 Å². The van der Waals surface area contributed by atoms with Crippen LogP contribution in [0.2, 0.25) is 5.02 Å². The molecular weight excluding hydrogens is 332 g/mol. The van der Waals surface area contributed by atoms with Crippen LogP contribution < -0.4 is 4.74 Å². The SMILES string of the molecule is Clc1ccc(OCc2nc(-c3ccsc3)no2)c2ccccc12. The van der Waals surface area contributed by atoms with E-state index in [1.54, 1.807) is 11.3 Å². The van der Waals surface area contributed by atoms with Crippen molar-refractivity contribution < 1.29 is 9.26 Å². The number of thiophene rings is 1. The Labute approximate surface area is 141 Å². The minimum Gasteiger partial charge on any atom is -0.483 e. The molecule has 0 amide bonds. The molecule has 0 fully saturated rings. The number of aromatic nitrogens is 2. The fourth-order valence-corrected chi connectivity index (χ4v) is 3.18. The quantitative estimate of drug-likeness (QED) is 0.512. The van der Waals surface area contributed by atoms with Crippen LogP contribution in [-0.2, 0) is 6.61 Å². The van der Waals surface area contributed by atoms with Crippen molar-refractivity contribution in [2.45, 2.75) is 6.61 Å². The topological polar surface area (TPSA) is 48.2 Å². The summed E-state index contributed by atoms with van der Waals surface area (Å²) in [6, 6.07) is 13.5. The number of ether oxygens (including phenoxy) is 1. The van der Waals surface area contributed by atoms with Gasteiger partial charge in [0.1, 0.15) is 5.75 Å². The number of hydrogen-bond acceptors (Lipinski definition) is 5. The van der Waals surface area contributed by atoms with E-state index in [4.69, 9.17) is 20.9 Å². The van der Waals surface area contributed by atoms with Gasteiger partial charge in [-0.3, -0.25) is 0 Å². The number of hydrogen-bond donors (Lipinski definition) is 0. The molecule has 6 heteroatoms. The van der Waals surface area contributed by atoms with Gasteiger partial charge in [-0.2, -0.15) is 16.3 Å².